The Bertz CT molecular complexity index is 971. The van der Waals surface area contributed by atoms with Crippen LogP contribution in [-0.2, 0) is 27.0 Å². The van der Waals surface area contributed by atoms with Crippen LogP contribution in [0.2, 0.25) is 0 Å². The van der Waals surface area contributed by atoms with Crippen LogP contribution in [0.25, 0.3) is 0 Å². The highest BCUT2D eigenvalue weighted by molar-refractivity contribution is 6.62. The van der Waals surface area contributed by atoms with E-state index in [0.29, 0.717) is 12.1 Å². The first kappa shape index (κ1) is 21.9. The first-order valence-electron chi connectivity index (χ1n) is 11.8. The second kappa shape index (κ2) is 8.46. The molecule has 3 aliphatic heterocycles. The molecule has 4 nitrogen and oxygen atoms in total. The van der Waals surface area contributed by atoms with E-state index in [2.05, 4.69) is 93.3 Å². The summed E-state index contributed by atoms with van der Waals surface area (Å²) >= 11 is 0. The maximum Gasteiger partial charge on any atom is 0.494 e. The van der Waals surface area contributed by atoms with E-state index in [1.165, 1.54) is 16.7 Å². The van der Waals surface area contributed by atoms with Crippen LogP contribution in [-0.4, -0.2) is 48.5 Å². The second-order valence-electron chi connectivity index (χ2n) is 10.5. The fourth-order valence-electron chi connectivity index (χ4n) is 5.01. The molecule has 2 aromatic rings. The zero-order valence-corrected chi connectivity index (χ0v) is 19.7. The van der Waals surface area contributed by atoms with Gasteiger partial charge in [0.15, 0.2) is 0 Å². The first-order valence-corrected chi connectivity index (χ1v) is 11.8. The third-order valence-electron chi connectivity index (χ3n) is 7.54. The van der Waals surface area contributed by atoms with Gasteiger partial charge in [-0.1, -0.05) is 66.2 Å². The lowest BCUT2D eigenvalue weighted by atomic mass is 9.77. The molecule has 0 spiro atoms. The second-order valence-corrected chi connectivity index (χ2v) is 10.5. The van der Waals surface area contributed by atoms with Crippen LogP contribution in [0.3, 0.4) is 0 Å². The number of benzene rings is 2. The van der Waals surface area contributed by atoms with Crippen LogP contribution in [0.15, 0.2) is 66.2 Å². The van der Waals surface area contributed by atoms with Crippen molar-refractivity contribution in [3.8, 4) is 0 Å². The van der Waals surface area contributed by atoms with Gasteiger partial charge in [0.2, 0.25) is 0 Å². The van der Waals surface area contributed by atoms with Gasteiger partial charge in [-0.3, -0.25) is 4.90 Å². The standard InChI is InChI=1S/C27H34BNO3/c1-26(2)27(3,4)32-28(31-26)23-12-8-11-21(14-23)13-22-15-24-18-30-19-25(16-22)29(24)17-20-9-6-5-7-10-20/h5-12,14-15,24-25H,13,16-19H2,1-4H3. The largest absolute Gasteiger partial charge is 0.494 e. The Morgan fingerprint density at radius 1 is 0.906 bits per heavy atom. The third kappa shape index (κ3) is 4.32. The molecule has 2 aromatic carbocycles. The molecule has 0 N–H and O–H groups in total. The molecule has 2 bridgehead atoms. The summed E-state index contributed by atoms with van der Waals surface area (Å²) in [6.07, 6.45) is 4.48. The monoisotopic (exact) mass is 431 g/mol. The van der Waals surface area contributed by atoms with E-state index in [1.807, 2.05) is 0 Å². The molecule has 0 saturated carbocycles. The van der Waals surface area contributed by atoms with Gasteiger partial charge in [0.25, 0.3) is 0 Å². The van der Waals surface area contributed by atoms with Gasteiger partial charge in [-0.2, -0.15) is 0 Å². The minimum absolute atomic E-state index is 0.311. The first-order chi connectivity index (χ1) is 15.3. The van der Waals surface area contributed by atoms with Crippen LogP contribution >= 0.6 is 0 Å². The molecule has 0 amide bonds. The van der Waals surface area contributed by atoms with Crippen molar-refractivity contribution in [2.45, 2.75) is 70.4 Å². The fourth-order valence-corrected chi connectivity index (χ4v) is 5.01. The van der Waals surface area contributed by atoms with Crippen molar-refractivity contribution < 1.29 is 14.0 Å². The van der Waals surface area contributed by atoms with E-state index in [1.54, 1.807) is 0 Å². The maximum absolute atomic E-state index is 6.27. The zero-order chi connectivity index (χ0) is 22.3. The number of morpholine rings is 1. The van der Waals surface area contributed by atoms with Crippen LogP contribution < -0.4 is 5.46 Å². The Kier molecular flexibility index (Phi) is 5.79. The highest BCUT2D eigenvalue weighted by atomic mass is 16.7. The number of hydrogen-bond acceptors (Lipinski definition) is 4. The van der Waals surface area contributed by atoms with Gasteiger partial charge in [-0.05, 0) is 57.1 Å². The summed E-state index contributed by atoms with van der Waals surface area (Å²) in [6.45, 7) is 11.0. The quantitative estimate of drug-likeness (QED) is 0.526. The van der Waals surface area contributed by atoms with Crippen molar-refractivity contribution in [2.24, 2.45) is 0 Å². The van der Waals surface area contributed by atoms with E-state index in [0.717, 1.165) is 38.1 Å². The van der Waals surface area contributed by atoms with E-state index < -0.39 is 0 Å². The molecule has 5 heteroatoms. The molecule has 0 radical (unpaired) electrons. The van der Waals surface area contributed by atoms with Gasteiger partial charge in [-0.25, -0.2) is 0 Å². The molecular weight excluding hydrogens is 397 g/mol. The minimum atomic E-state index is -0.320. The average molecular weight is 431 g/mol. The Morgan fingerprint density at radius 2 is 1.62 bits per heavy atom. The Morgan fingerprint density at radius 3 is 2.34 bits per heavy atom. The molecule has 32 heavy (non-hydrogen) atoms. The van der Waals surface area contributed by atoms with E-state index in [-0.39, 0.29) is 18.3 Å². The summed E-state index contributed by atoms with van der Waals surface area (Å²) in [4.78, 5) is 2.61. The number of ether oxygens (including phenoxy) is 1. The third-order valence-corrected chi connectivity index (χ3v) is 7.54. The van der Waals surface area contributed by atoms with Gasteiger partial charge in [0.05, 0.1) is 30.5 Å². The molecule has 2 fully saturated rings. The minimum Gasteiger partial charge on any atom is -0.399 e. The van der Waals surface area contributed by atoms with Gasteiger partial charge in [-0.15, -0.1) is 0 Å². The van der Waals surface area contributed by atoms with Gasteiger partial charge >= 0.3 is 7.12 Å². The van der Waals surface area contributed by atoms with Crippen LogP contribution in [0.4, 0.5) is 0 Å². The van der Waals surface area contributed by atoms with Crippen LogP contribution in [0, 0.1) is 0 Å². The van der Waals surface area contributed by atoms with Gasteiger partial charge in [0.1, 0.15) is 0 Å². The SMILES string of the molecule is CC1(C)OB(c2cccc(CC3=CC4COCC(C3)N4Cc3ccccc3)c2)OC1(C)C. The normalized spacial score (nSPS) is 26.8. The van der Waals surface area contributed by atoms with Crippen molar-refractivity contribution in [2.75, 3.05) is 13.2 Å². The highest BCUT2D eigenvalue weighted by Gasteiger charge is 2.51. The molecule has 2 unspecified atom stereocenters. The number of rotatable bonds is 5. The van der Waals surface area contributed by atoms with Crippen molar-refractivity contribution in [3.63, 3.8) is 0 Å². The van der Waals surface area contributed by atoms with Crippen molar-refractivity contribution in [1.29, 1.82) is 0 Å². The van der Waals surface area contributed by atoms with E-state index in [4.69, 9.17) is 14.0 Å². The van der Waals surface area contributed by atoms with Gasteiger partial charge in [0, 0.05) is 12.6 Å². The summed E-state index contributed by atoms with van der Waals surface area (Å²) in [5, 5.41) is 0. The lowest BCUT2D eigenvalue weighted by molar-refractivity contribution is -0.0440. The topological polar surface area (TPSA) is 30.9 Å². The van der Waals surface area contributed by atoms with E-state index >= 15 is 0 Å². The molecule has 168 valence electrons. The Hall–Kier alpha value is -1.92. The molecular formula is C27H34BNO3. The number of hydrogen-bond donors (Lipinski definition) is 0. The molecule has 2 saturated heterocycles. The van der Waals surface area contributed by atoms with Crippen LogP contribution in [0.5, 0.6) is 0 Å². The fraction of sp³-hybridized carbons (Fsp3) is 0.481. The van der Waals surface area contributed by atoms with Crippen LogP contribution in [0.1, 0.15) is 45.2 Å². The molecule has 0 aromatic heterocycles. The summed E-state index contributed by atoms with van der Waals surface area (Å²) in [6, 6.07) is 20.3. The Labute approximate surface area is 192 Å². The summed E-state index contributed by atoms with van der Waals surface area (Å²) in [5.41, 5.74) is 4.67. The Balaban J connectivity index is 1.30. The molecule has 5 rings (SSSR count). The zero-order valence-electron chi connectivity index (χ0n) is 19.7. The van der Waals surface area contributed by atoms with Gasteiger partial charge < -0.3 is 14.0 Å². The van der Waals surface area contributed by atoms with Crippen molar-refractivity contribution in [1.82, 2.24) is 4.90 Å². The molecule has 3 heterocycles. The lowest BCUT2D eigenvalue weighted by Crippen LogP contribution is -2.53. The number of fused-ring (bicyclic) bond motifs is 2. The van der Waals surface area contributed by atoms with Crippen molar-refractivity contribution >= 4 is 12.6 Å². The van der Waals surface area contributed by atoms with E-state index in [9.17, 15) is 0 Å². The average Bonchev–Trinajstić information content (AvgIpc) is 2.97. The summed E-state index contributed by atoms with van der Waals surface area (Å²) in [7, 11) is -0.311. The smallest absolute Gasteiger partial charge is 0.399 e. The van der Waals surface area contributed by atoms with Crippen molar-refractivity contribution in [3.05, 3.63) is 77.4 Å². The predicted octanol–water partition coefficient (Wildman–Crippen LogP) is 4.13. The maximum atomic E-state index is 6.27. The predicted molar refractivity (Wildman–Crippen MR) is 129 cm³/mol. The number of nitrogens with zero attached hydrogens (tertiary/aromatic N) is 1. The molecule has 0 aliphatic carbocycles. The molecule has 3 aliphatic rings. The summed E-state index contributed by atoms with van der Waals surface area (Å²) in [5.74, 6) is 0. The lowest BCUT2D eigenvalue weighted by Gasteiger charge is -2.45. The molecule has 2 atom stereocenters. The summed E-state index contributed by atoms with van der Waals surface area (Å²) < 4.78 is 18.4. The highest BCUT2D eigenvalue weighted by Crippen LogP contribution is 2.36.